The Morgan fingerprint density at radius 1 is 1.19 bits per heavy atom. The van der Waals surface area contributed by atoms with Gasteiger partial charge in [-0.15, -0.1) is 0 Å². The van der Waals surface area contributed by atoms with Gasteiger partial charge in [0.15, 0.2) is 0 Å². The molecule has 1 saturated carbocycles. The summed E-state index contributed by atoms with van der Waals surface area (Å²) >= 11 is 0. The molecular weight excluding hydrogens is 460 g/mol. The second-order valence-corrected chi connectivity index (χ2v) is 11.7. The van der Waals surface area contributed by atoms with Crippen molar-refractivity contribution in [1.29, 1.82) is 0 Å². The number of carbonyl (C=O) groups is 2. The molecule has 2 aromatic rings. The number of amides is 3. The molecule has 3 aliphatic heterocycles. The summed E-state index contributed by atoms with van der Waals surface area (Å²) in [6.45, 7) is 7.81. The molecule has 1 aromatic heterocycles. The number of piperidine rings is 1. The summed E-state index contributed by atoms with van der Waals surface area (Å²) < 4.78 is 11.3. The van der Waals surface area contributed by atoms with E-state index in [4.69, 9.17) is 14.1 Å². The summed E-state index contributed by atoms with van der Waals surface area (Å²) in [5.74, 6) is 0.844. The average Bonchev–Trinajstić information content (AvgIpc) is 3.22. The minimum atomic E-state index is -0.521. The molecule has 0 radical (unpaired) electrons. The van der Waals surface area contributed by atoms with Crippen LogP contribution in [0.2, 0.25) is 0 Å². The molecule has 1 unspecified atom stereocenters. The molecule has 0 N–H and O–H groups in total. The Bertz CT molecular complexity index is 1140. The van der Waals surface area contributed by atoms with E-state index in [0.29, 0.717) is 26.2 Å². The Balaban J connectivity index is 1.14. The van der Waals surface area contributed by atoms with Crippen LogP contribution < -0.4 is 0 Å². The number of urea groups is 1. The Kier molecular flexibility index (Phi) is 5.51. The van der Waals surface area contributed by atoms with E-state index in [2.05, 4.69) is 5.16 Å². The molecule has 2 bridgehead atoms. The number of likely N-dealkylation sites (tertiary alicyclic amines) is 1. The van der Waals surface area contributed by atoms with Crippen molar-refractivity contribution in [1.82, 2.24) is 20.0 Å². The van der Waals surface area contributed by atoms with Gasteiger partial charge in [0.05, 0.1) is 12.1 Å². The van der Waals surface area contributed by atoms with Crippen LogP contribution in [0.25, 0.3) is 0 Å². The van der Waals surface area contributed by atoms with Gasteiger partial charge >= 0.3 is 12.1 Å². The minimum absolute atomic E-state index is 0.0741. The van der Waals surface area contributed by atoms with Gasteiger partial charge in [0.2, 0.25) is 0 Å². The Morgan fingerprint density at radius 3 is 2.69 bits per heavy atom. The molecule has 3 amide bonds. The lowest BCUT2D eigenvalue weighted by molar-refractivity contribution is -0.153. The number of ether oxygens (including phenoxy) is 1. The van der Waals surface area contributed by atoms with Crippen molar-refractivity contribution in [3.63, 3.8) is 0 Å². The van der Waals surface area contributed by atoms with Crippen LogP contribution in [0.1, 0.15) is 75.4 Å². The van der Waals surface area contributed by atoms with E-state index < -0.39 is 5.60 Å². The third kappa shape index (κ3) is 4.23. The van der Waals surface area contributed by atoms with Gasteiger partial charge < -0.3 is 19.1 Å². The van der Waals surface area contributed by atoms with Gasteiger partial charge in [-0.2, -0.15) is 5.06 Å². The molecule has 1 aromatic carbocycles. The van der Waals surface area contributed by atoms with E-state index >= 15 is 0 Å². The number of benzene rings is 1. The standard InChI is InChI=1S/C27H34N4O5/c1-26(2,3)35-25(33)29-12-9-19(15-29)22-13-20(28-36-22)21-14-27(10-11-27)23-16-30(21)24(32)31(23)34-17-18-7-5-4-6-8-18/h4-8,13,19,21,23H,9-12,14-17H2,1-3H3/t19?,21-,23+/m0/s1. The predicted molar refractivity (Wildman–Crippen MR) is 130 cm³/mol. The molecule has 1 aliphatic carbocycles. The first kappa shape index (κ1) is 23.3. The fourth-order valence-electron chi connectivity index (χ4n) is 5.90. The zero-order valence-electron chi connectivity index (χ0n) is 21.2. The maximum Gasteiger partial charge on any atom is 0.410 e. The van der Waals surface area contributed by atoms with Gasteiger partial charge in [-0.3, -0.25) is 4.84 Å². The van der Waals surface area contributed by atoms with E-state index in [1.807, 2.05) is 62.1 Å². The first-order valence-corrected chi connectivity index (χ1v) is 12.9. The largest absolute Gasteiger partial charge is 0.444 e. The van der Waals surface area contributed by atoms with E-state index in [0.717, 1.165) is 42.7 Å². The number of rotatable bonds is 5. The number of fused-ring (bicyclic) bond motifs is 3. The van der Waals surface area contributed by atoms with Gasteiger partial charge in [-0.05, 0) is 57.4 Å². The topological polar surface area (TPSA) is 88.4 Å². The van der Waals surface area contributed by atoms with Crippen molar-refractivity contribution in [2.45, 2.75) is 76.7 Å². The second kappa shape index (κ2) is 8.50. The summed E-state index contributed by atoms with van der Waals surface area (Å²) in [6, 6.07) is 11.8. The Labute approximate surface area is 211 Å². The SMILES string of the molecule is CC(C)(C)OC(=O)N1CCC(c2cc([C@@H]3CC4(CC4)[C@H]4CN3C(=O)N4OCc3ccccc3)no2)C1. The van der Waals surface area contributed by atoms with Crippen molar-refractivity contribution in [3.05, 3.63) is 53.4 Å². The van der Waals surface area contributed by atoms with Crippen LogP contribution in [0, 0.1) is 5.41 Å². The van der Waals surface area contributed by atoms with Crippen molar-refractivity contribution in [3.8, 4) is 0 Å². The lowest BCUT2D eigenvalue weighted by atomic mass is 9.84. The van der Waals surface area contributed by atoms with Gasteiger partial charge in [0.1, 0.15) is 23.7 Å². The van der Waals surface area contributed by atoms with Crippen LogP contribution in [-0.4, -0.2) is 63.4 Å². The smallest absolute Gasteiger partial charge is 0.410 e. The van der Waals surface area contributed by atoms with E-state index in [9.17, 15) is 9.59 Å². The maximum absolute atomic E-state index is 13.4. The number of nitrogens with zero attached hydrogens (tertiary/aromatic N) is 4. The highest BCUT2D eigenvalue weighted by molar-refractivity contribution is 5.77. The lowest BCUT2D eigenvalue weighted by Gasteiger charge is -2.35. The monoisotopic (exact) mass is 494 g/mol. The number of hydrogen-bond acceptors (Lipinski definition) is 6. The number of carbonyl (C=O) groups excluding carboxylic acids is 2. The lowest BCUT2D eigenvalue weighted by Crippen LogP contribution is -2.42. The van der Waals surface area contributed by atoms with Gasteiger partial charge in [0.25, 0.3) is 0 Å². The fraction of sp³-hybridized carbons (Fsp3) is 0.593. The molecule has 4 aliphatic rings. The van der Waals surface area contributed by atoms with E-state index in [1.165, 1.54) is 0 Å². The Morgan fingerprint density at radius 2 is 1.97 bits per heavy atom. The van der Waals surface area contributed by atoms with Crippen LogP contribution in [0.4, 0.5) is 9.59 Å². The van der Waals surface area contributed by atoms with E-state index in [1.54, 1.807) is 9.96 Å². The maximum atomic E-state index is 13.4. The van der Waals surface area contributed by atoms with Crippen LogP contribution in [-0.2, 0) is 16.2 Å². The molecule has 192 valence electrons. The molecule has 9 heteroatoms. The molecule has 6 rings (SSSR count). The second-order valence-electron chi connectivity index (χ2n) is 11.7. The van der Waals surface area contributed by atoms with Crippen molar-refractivity contribution in [2.75, 3.05) is 19.6 Å². The summed E-state index contributed by atoms with van der Waals surface area (Å²) in [7, 11) is 0. The molecule has 4 heterocycles. The first-order chi connectivity index (χ1) is 17.2. The minimum Gasteiger partial charge on any atom is -0.444 e. The molecule has 9 nitrogen and oxygen atoms in total. The van der Waals surface area contributed by atoms with Crippen LogP contribution >= 0.6 is 0 Å². The average molecular weight is 495 g/mol. The van der Waals surface area contributed by atoms with Crippen molar-refractivity contribution >= 4 is 12.1 Å². The third-order valence-electron chi connectivity index (χ3n) is 8.01. The normalized spacial score (nSPS) is 26.7. The van der Waals surface area contributed by atoms with Gasteiger partial charge in [-0.1, -0.05) is 35.5 Å². The van der Waals surface area contributed by atoms with Crippen LogP contribution in [0.3, 0.4) is 0 Å². The van der Waals surface area contributed by atoms with Crippen molar-refractivity contribution < 1.29 is 23.7 Å². The molecular formula is C27H34N4O5. The first-order valence-electron chi connectivity index (χ1n) is 12.9. The van der Waals surface area contributed by atoms with Gasteiger partial charge in [0, 0.05) is 31.6 Å². The number of hydrogen-bond donors (Lipinski definition) is 0. The summed E-state index contributed by atoms with van der Waals surface area (Å²) in [6.07, 6.45) is 3.57. The number of aromatic nitrogens is 1. The molecule has 4 fully saturated rings. The van der Waals surface area contributed by atoms with Crippen LogP contribution in [0.5, 0.6) is 0 Å². The van der Waals surface area contributed by atoms with E-state index in [-0.39, 0.29) is 35.5 Å². The zero-order valence-corrected chi connectivity index (χ0v) is 21.2. The number of hydroxylamine groups is 2. The molecule has 3 atom stereocenters. The zero-order chi connectivity index (χ0) is 25.1. The summed E-state index contributed by atoms with van der Waals surface area (Å²) in [5.41, 5.74) is 1.40. The molecule has 36 heavy (non-hydrogen) atoms. The molecule has 3 saturated heterocycles. The predicted octanol–water partition coefficient (Wildman–Crippen LogP) is 4.86. The quantitative estimate of drug-likeness (QED) is 0.590. The highest BCUT2D eigenvalue weighted by atomic mass is 16.7. The molecule has 1 spiro atoms. The Hall–Kier alpha value is -3.07. The third-order valence-corrected chi connectivity index (χ3v) is 8.01. The fourth-order valence-corrected chi connectivity index (χ4v) is 5.90. The highest BCUT2D eigenvalue weighted by Gasteiger charge is 2.63. The van der Waals surface area contributed by atoms with Gasteiger partial charge in [-0.25, -0.2) is 9.59 Å². The summed E-state index contributed by atoms with van der Waals surface area (Å²) in [5, 5.41) is 6.04. The van der Waals surface area contributed by atoms with Crippen LogP contribution in [0.15, 0.2) is 40.9 Å². The highest BCUT2D eigenvalue weighted by Crippen LogP contribution is 2.61. The summed E-state index contributed by atoms with van der Waals surface area (Å²) in [4.78, 5) is 35.6. The van der Waals surface area contributed by atoms with Crippen molar-refractivity contribution in [2.24, 2.45) is 5.41 Å².